The molecule has 0 fully saturated rings. The highest BCUT2D eigenvalue weighted by molar-refractivity contribution is 6.60. The molecule has 0 spiro atoms. The lowest BCUT2D eigenvalue weighted by atomic mass is 10.5. The molecule has 2 N–H and O–H groups in total. The Bertz CT molecular complexity index is 386. The van der Waals surface area contributed by atoms with Gasteiger partial charge in [-0.2, -0.15) is 0 Å². The van der Waals surface area contributed by atoms with E-state index in [0.29, 0.717) is 52.8 Å². The molecule has 0 rings (SSSR count). The van der Waals surface area contributed by atoms with Crippen LogP contribution in [-0.4, -0.2) is 76.8 Å². The van der Waals surface area contributed by atoms with Crippen molar-refractivity contribution in [2.24, 2.45) is 5.73 Å². The third-order valence-electron chi connectivity index (χ3n) is 3.38. The van der Waals surface area contributed by atoms with Gasteiger partial charge in [0.1, 0.15) is 0 Å². The maximum atomic E-state index is 11.4. The van der Waals surface area contributed by atoms with Crippen LogP contribution in [0.25, 0.3) is 0 Å². The summed E-state index contributed by atoms with van der Waals surface area (Å²) in [4.78, 5) is 11.4. The molecular formula is C19H45NO9Si2. The quantitative estimate of drug-likeness (QED) is 0.227. The second-order valence-corrected chi connectivity index (χ2v) is 10.7. The van der Waals surface area contributed by atoms with Crippen molar-refractivity contribution in [1.82, 2.24) is 0 Å². The lowest BCUT2D eigenvalue weighted by Crippen LogP contribution is -2.50. The predicted octanol–water partition coefficient (Wildman–Crippen LogP) is 3.48. The zero-order valence-electron chi connectivity index (χ0n) is 20.5. The Balaban J connectivity index is 0. The van der Waals surface area contributed by atoms with E-state index in [-0.39, 0.29) is 0 Å². The van der Waals surface area contributed by atoms with Crippen molar-refractivity contribution in [1.29, 1.82) is 0 Å². The topological polar surface area (TPSA) is 117 Å². The zero-order chi connectivity index (χ0) is 24.0. The number of carbonyl (C=O) groups excluding carboxylic acids is 1. The van der Waals surface area contributed by atoms with Crippen LogP contribution >= 0.6 is 0 Å². The Morgan fingerprint density at radius 3 is 1.45 bits per heavy atom. The second kappa shape index (κ2) is 21.3. The Kier molecular flexibility index (Phi) is 22.4. The standard InChI is InChI=1S/C10H22O6Si.C9H23NO3Si/c1-5-9-12-10(11)16-17(13-6-2,14-7-3)15-8-4;1-4-11-14(12-5-2,13-6-3)9-7-8-10/h5-9H2,1-4H3;4-10H2,1-3H3. The third-order valence-corrected chi connectivity index (χ3v) is 8.87. The highest BCUT2D eigenvalue weighted by Crippen LogP contribution is 2.17. The van der Waals surface area contributed by atoms with Gasteiger partial charge in [0.2, 0.25) is 0 Å². The average molecular weight is 488 g/mol. The Hall–Kier alpha value is -0.576. The molecular weight excluding hydrogens is 442 g/mol. The molecule has 0 saturated carbocycles. The van der Waals surface area contributed by atoms with Crippen LogP contribution in [-0.2, 0) is 35.7 Å². The number of hydrogen-bond donors (Lipinski definition) is 1. The van der Waals surface area contributed by atoms with Gasteiger partial charge in [-0.1, -0.05) is 6.92 Å². The van der Waals surface area contributed by atoms with E-state index in [1.807, 2.05) is 27.7 Å². The molecule has 0 radical (unpaired) electrons. The molecule has 0 aliphatic rings. The summed E-state index contributed by atoms with van der Waals surface area (Å²) >= 11 is 0. The molecule has 0 saturated heterocycles. The SMILES string of the molecule is CCCOC(=O)O[Si](OCC)(OCC)OCC.CCO[Si](CCCN)(OCC)OCC. The summed E-state index contributed by atoms with van der Waals surface area (Å²) in [5.41, 5.74) is 5.48. The minimum Gasteiger partial charge on any atom is -0.435 e. The lowest BCUT2D eigenvalue weighted by molar-refractivity contribution is -0.0248. The average Bonchev–Trinajstić information content (AvgIpc) is 2.72. The van der Waals surface area contributed by atoms with Gasteiger partial charge in [0.15, 0.2) is 0 Å². The van der Waals surface area contributed by atoms with E-state index in [4.69, 9.17) is 41.5 Å². The first kappa shape index (κ1) is 32.6. The lowest BCUT2D eigenvalue weighted by Gasteiger charge is -2.28. The third kappa shape index (κ3) is 15.8. The molecule has 0 bridgehead atoms. The van der Waals surface area contributed by atoms with Crippen LogP contribution in [0.15, 0.2) is 0 Å². The molecule has 188 valence electrons. The van der Waals surface area contributed by atoms with E-state index in [0.717, 1.165) is 18.9 Å². The fourth-order valence-corrected chi connectivity index (χ4v) is 6.77. The summed E-state index contributed by atoms with van der Waals surface area (Å²) in [6, 6.07) is 0.818. The largest absolute Gasteiger partial charge is 0.754 e. The van der Waals surface area contributed by atoms with Crippen LogP contribution in [0.2, 0.25) is 6.04 Å². The van der Waals surface area contributed by atoms with Gasteiger partial charge in [-0.15, -0.1) is 0 Å². The van der Waals surface area contributed by atoms with Crippen molar-refractivity contribution in [3.63, 3.8) is 0 Å². The maximum absolute atomic E-state index is 11.4. The summed E-state index contributed by atoms with van der Waals surface area (Å²) in [5.74, 6) is 0. The Morgan fingerprint density at radius 1 is 0.710 bits per heavy atom. The van der Waals surface area contributed by atoms with Gasteiger partial charge in [-0.3, -0.25) is 0 Å². The van der Waals surface area contributed by atoms with Crippen molar-refractivity contribution >= 4 is 24.0 Å². The molecule has 0 heterocycles. The monoisotopic (exact) mass is 487 g/mol. The van der Waals surface area contributed by atoms with Crippen LogP contribution in [0.1, 0.15) is 61.3 Å². The van der Waals surface area contributed by atoms with Gasteiger partial charge in [0, 0.05) is 45.7 Å². The summed E-state index contributed by atoms with van der Waals surface area (Å²) in [6.45, 7) is 17.0. The maximum Gasteiger partial charge on any atom is 0.754 e. The molecule has 10 nitrogen and oxygen atoms in total. The van der Waals surface area contributed by atoms with Gasteiger partial charge in [-0.05, 0) is 60.9 Å². The van der Waals surface area contributed by atoms with E-state index in [2.05, 4.69) is 0 Å². The van der Waals surface area contributed by atoms with E-state index in [1.165, 1.54) is 0 Å². The zero-order valence-corrected chi connectivity index (χ0v) is 22.5. The number of nitrogens with two attached hydrogens (primary N) is 1. The predicted molar refractivity (Wildman–Crippen MR) is 122 cm³/mol. The normalized spacial score (nSPS) is 11.6. The van der Waals surface area contributed by atoms with Crippen molar-refractivity contribution in [3.8, 4) is 0 Å². The Morgan fingerprint density at radius 2 is 1.13 bits per heavy atom. The summed E-state index contributed by atoms with van der Waals surface area (Å²) < 4.78 is 42.8. The minimum absolute atomic E-state index is 0.299. The van der Waals surface area contributed by atoms with Crippen LogP contribution in [0.5, 0.6) is 0 Å². The van der Waals surface area contributed by atoms with Gasteiger partial charge in [0.05, 0.1) is 6.61 Å². The molecule has 0 atom stereocenters. The molecule has 31 heavy (non-hydrogen) atoms. The summed E-state index contributed by atoms with van der Waals surface area (Å²) in [5, 5.41) is 0. The van der Waals surface area contributed by atoms with Crippen molar-refractivity contribution in [2.75, 3.05) is 52.8 Å². The van der Waals surface area contributed by atoms with Crippen molar-refractivity contribution in [3.05, 3.63) is 0 Å². The molecule has 0 amide bonds. The van der Waals surface area contributed by atoms with Crippen LogP contribution in [0.3, 0.4) is 0 Å². The molecule has 12 heteroatoms. The smallest absolute Gasteiger partial charge is 0.435 e. The van der Waals surface area contributed by atoms with Gasteiger partial charge >= 0.3 is 24.0 Å². The van der Waals surface area contributed by atoms with Crippen LogP contribution in [0.4, 0.5) is 4.79 Å². The fourth-order valence-electron chi connectivity index (χ4n) is 2.38. The molecule has 0 aliphatic carbocycles. The number of rotatable bonds is 18. The fraction of sp³-hybridized carbons (Fsp3) is 0.947. The van der Waals surface area contributed by atoms with E-state index >= 15 is 0 Å². The van der Waals surface area contributed by atoms with E-state index < -0.39 is 24.0 Å². The van der Waals surface area contributed by atoms with Crippen molar-refractivity contribution in [2.45, 2.75) is 67.4 Å². The van der Waals surface area contributed by atoms with Crippen LogP contribution < -0.4 is 5.73 Å². The van der Waals surface area contributed by atoms with Gasteiger partial charge < -0.3 is 41.5 Å². The van der Waals surface area contributed by atoms with Gasteiger partial charge in [-0.25, -0.2) is 4.79 Å². The first-order chi connectivity index (χ1) is 14.9. The molecule has 0 unspecified atom stereocenters. The van der Waals surface area contributed by atoms with Crippen molar-refractivity contribution < 1.29 is 40.5 Å². The highest BCUT2D eigenvalue weighted by Gasteiger charge is 2.50. The Labute approximate surface area is 190 Å². The summed E-state index contributed by atoms with van der Waals surface area (Å²) in [6.07, 6.45) is 0.808. The van der Waals surface area contributed by atoms with Gasteiger partial charge in [0.25, 0.3) is 0 Å². The molecule has 0 aromatic rings. The first-order valence-electron chi connectivity index (χ1n) is 11.3. The molecule has 0 aromatic heterocycles. The number of carbonyl (C=O) groups is 1. The molecule has 0 aliphatic heterocycles. The van der Waals surface area contributed by atoms with E-state index in [9.17, 15) is 4.79 Å². The van der Waals surface area contributed by atoms with E-state index in [1.54, 1.807) is 20.8 Å². The number of ether oxygens (including phenoxy) is 1. The minimum atomic E-state index is -3.38. The molecule has 0 aromatic carbocycles. The first-order valence-corrected chi connectivity index (χ1v) is 14.8. The summed E-state index contributed by atoms with van der Waals surface area (Å²) in [7, 11) is -5.78. The second-order valence-electron chi connectivity index (χ2n) is 5.87. The highest BCUT2D eigenvalue weighted by atomic mass is 28.4. The number of hydrogen-bond acceptors (Lipinski definition) is 10. The van der Waals surface area contributed by atoms with Crippen LogP contribution in [0, 0.1) is 0 Å².